The molecule has 3 atom stereocenters. The van der Waals surface area contributed by atoms with Crippen LogP contribution in [0.5, 0.6) is 0 Å². The van der Waals surface area contributed by atoms with E-state index >= 15 is 0 Å². The maximum atomic E-state index is 11.3. The van der Waals surface area contributed by atoms with Gasteiger partial charge < -0.3 is 15.4 Å². The van der Waals surface area contributed by atoms with Crippen LogP contribution in [0.2, 0.25) is 0 Å². The van der Waals surface area contributed by atoms with Gasteiger partial charge in [0, 0.05) is 18.5 Å². The van der Waals surface area contributed by atoms with Crippen molar-refractivity contribution in [2.75, 3.05) is 12.4 Å². The van der Waals surface area contributed by atoms with Gasteiger partial charge in [0.1, 0.15) is 17.7 Å². The quantitative estimate of drug-likeness (QED) is 0.564. The number of aromatic amines is 1. The van der Waals surface area contributed by atoms with Crippen molar-refractivity contribution < 1.29 is 18.1 Å². The van der Waals surface area contributed by atoms with Crippen molar-refractivity contribution in [1.82, 2.24) is 24.2 Å². The molecule has 0 bridgehead atoms. The molecule has 1 aliphatic carbocycles. The molecule has 3 rings (SSSR count). The van der Waals surface area contributed by atoms with E-state index in [-0.39, 0.29) is 11.5 Å². The number of aliphatic hydroxyl groups excluding tert-OH is 1. The number of anilines is 1. The number of fused-ring (bicyclic) bond motifs is 1. The standard InChI is InChI=1S/C15H24N6O4S/c1-15(2,3)14-19-11-12(16-7-17-13(11)20-14)18-8-5-9(10(22)6-8)21(4)26(23,24)25/h7-10,22H,5-6H2,1-4H3,(H,23,24,25)(H2,16,17,18,19,20)/t8-,9+,10+/m1/s1. The highest BCUT2D eigenvalue weighted by atomic mass is 32.2. The van der Waals surface area contributed by atoms with Crippen LogP contribution in [0.1, 0.15) is 39.4 Å². The Morgan fingerprint density at radius 1 is 1.31 bits per heavy atom. The van der Waals surface area contributed by atoms with Crippen molar-refractivity contribution in [3.05, 3.63) is 12.2 Å². The van der Waals surface area contributed by atoms with E-state index in [1.54, 1.807) is 0 Å². The lowest BCUT2D eigenvalue weighted by atomic mass is 9.96. The lowest BCUT2D eigenvalue weighted by Crippen LogP contribution is -2.41. The first-order chi connectivity index (χ1) is 12.0. The number of H-pyrrole nitrogens is 1. The van der Waals surface area contributed by atoms with Crippen LogP contribution in [-0.4, -0.2) is 67.6 Å². The summed E-state index contributed by atoms with van der Waals surface area (Å²) in [6.07, 6.45) is 1.19. The molecule has 1 aliphatic rings. The van der Waals surface area contributed by atoms with Crippen LogP contribution in [0.4, 0.5) is 5.82 Å². The van der Waals surface area contributed by atoms with E-state index < -0.39 is 22.4 Å². The largest absolute Gasteiger partial charge is 0.391 e. The van der Waals surface area contributed by atoms with Crippen LogP contribution in [-0.2, 0) is 15.7 Å². The Morgan fingerprint density at radius 3 is 2.62 bits per heavy atom. The number of aliphatic hydroxyl groups is 1. The number of imidazole rings is 1. The van der Waals surface area contributed by atoms with Crippen molar-refractivity contribution in [3.63, 3.8) is 0 Å². The molecule has 0 aromatic carbocycles. The van der Waals surface area contributed by atoms with E-state index in [1.807, 2.05) is 20.8 Å². The second-order valence-electron chi connectivity index (χ2n) is 7.70. The molecule has 1 saturated carbocycles. The van der Waals surface area contributed by atoms with Gasteiger partial charge in [-0.05, 0) is 12.8 Å². The molecule has 2 aromatic rings. The predicted octanol–water partition coefficient (Wildman–Crippen LogP) is 0.689. The summed E-state index contributed by atoms with van der Waals surface area (Å²) in [5, 5.41) is 13.4. The summed E-state index contributed by atoms with van der Waals surface area (Å²) in [4.78, 5) is 16.2. The number of nitrogens with one attached hydrogen (secondary N) is 2. The van der Waals surface area contributed by atoms with Crippen LogP contribution in [0.25, 0.3) is 11.2 Å². The molecule has 144 valence electrons. The molecule has 0 radical (unpaired) electrons. The van der Waals surface area contributed by atoms with E-state index in [0.717, 1.165) is 10.1 Å². The van der Waals surface area contributed by atoms with Crippen LogP contribution < -0.4 is 5.32 Å². The highest BCUT2D eigenvalue weighted by Gasteiger charge is 2.39. The molecule has 26 heavy (non-hydrogen) atoms. The van der Waals surface area contributed by atoms with E-state index in [0.29, 0.717) is 29.8 Å². The van der Waals surface area contributed by atoms with Crippen molar-refractivity contribution in [2.24, 2.45) is 0 Å². The van der Waals surface area contributed by atoms with E-state index in [9.17, 15) is 18.1 Å². The SMILES string of the molecule is CN([C@H]1C[C@@H](Nc2ncnc3nc(C(C)(C)C)[nH]c23)C[C@@H]1O)S(=O)(=O)O. The minimum absolute atomic E-state index is 0.176. The second-order valence-corrected chi connectivity index (χ2v) is 9.17. The molecular formula is C15H24N6O4S. The van der Waals surface area contributed by atoms with Gasteiger partial charge in [-0.15, -0.1) is 0 Å². The van der Waals surface area contributed by atoms with Crippen LogP contribution in [0, 0.1) is 0 Å². The highest BCUT2D eigenvalue weighted by molar-refractivity contribution is 7.83. The summed E-state index contributed by atoms with van der Waals surface area (Å²) >= 11 is 0. The Labute approximate surface area is 151 Å². The molecule has 4 N–H and O–H groups in total. The zero-order valence-corrected chi connectivity index (χ0v) is 15.9. The van der Waals surface area contributed by atoms with Gasteiger partial charge >= 0.3 is 10.3 Å². The average molecular weight is 384 g/mol. The molecule has 0 saturated heterocycles. The van der Waals surface area contributed by atoms with Crippen molar-refractivity contribution in [1.29, 1.82) is 0 Å². The summed E-state index contributed by atoms with van der Waals surface area (Å²) in [5.74, 6) is 1.33. The number of nitrogens with zero attached hydrogens (tertiary/aromatic N) is 4. The summed E-state index contributed by atoms with van der Waals surface area (Å²) in [6, 6.07) is -0.912. The van der Waals surface area contributed by atoms with E-state index in [2.05, 4.69) is 25.3 Å². The molecular weight excluding hydrogens is 360 g/mol. The zero-order valence-electron chi connectivity index (χ0n) is 15.1. The third-order valence-corrected chi connectivity index (χ3v) is 5.67. The van der Waals surface area contributed by atoms with Gasteiger partial charge in [0.15, 0.2) is 11.5 Å². The molecule has 2 heterocycles. The minimum Gasteiger partial charge on any atom is -0.391 e. The van der Waals surface area contributed by atoms with Gasteiger partial charge in [-0.25, -0.2) is 15.0 Å². The van der Waals surface area contributed by atoms with Gasteiger partial charge in [0.25, 0.3) is 0 Å². The molecule has 0 unspecified atom stereocenters. The minimum atomic E-state index is -4.36. The normalized spacial score (nSPS) is 24.5. The van der Waals surface area contributed by atoms with E-state index in [4.69, 9.17) is 0 Å². The number of likely N-dealkylation sites (N-methyl/N-ethyl adjacent to an activating group) is 1. The molecule has 0 amide bonds. The Kier molecular flexibility index (Phi) is 4.67. The fraction of sp³-hybridized carbons (Fsp3) is 0.667. The summed E-state index contributed by atoms with van der Waals surface area (Å²) < 4.78 is 32.6. The Morgan fingerprint density at radius 2 is 2.00 bits per heavy atom. The topological polar surface area (TPSA) is 144 Å². The maximum Gasteiger partial charge on any atom is 0.335 e. The van der Waals surface area contributed by atoms with Crippen LogP contribution in [0.15, 0.2) is 6.33 Å². The first-order valence-corrected chi connectivity index (χ1v) is 9.72. The average Bonchev–Trinajstić information content (AvgIpc) is 3.09. The summed E-state index contributed by atoms with van der Waals surface area (Å²) in [7, 11) is -3.11. The van der Waals surface area contributed by atoms with Crippen molar-refractivity contribution in [3.8, 4) is 0 Å². The first kappa shape index (κ1) is 19.0. The maximum absolute atomic E-state index is 11.3. The molecule has 0 spiro atoms. The Bertz CT molecular complexity index is 906. The second kappa shape index (κ2) is 6.41. The Balaban J connectivity index is 1.83. The fourth-order valence-electron chi connectivity index (χ4n) is 3.16. The van der Waals surface area contributed by atoms with Gasteiger partial charge in [-0.1, -0.05) is 20.8 Å². The number of hydrogen-bond acceptors (Lipinski definition) is 7. The predicted molar refractivity (Wildman–Crippen MR) is 96.1 cm³/mol. The highest BCUT2D eigenvalue weighted by Crippen LogP contribution is 2.30. The zero-order chi connectivity index (χ0) is 19.3. The lowest BCUT2D eigenvalue weighted by Gasteiger charge is -2.23. The summed E-state index contributed by atoms with van der Waals surface area (Å²) in [6.45, 7) is 6.11. The van der Waals surface area contributed by atoms with Crippen LogP contribution in [0.3, 0.4) is 0 Å². The van der Waals surface area contributed by atoms with Crippen molar-refractivity contribution in [2.45, 2.75) is 57.2 Å². The number of hydrogen-bond donors (Lipinski definition) is 4. The molecule has 1 fully saturated rings. The van der Waals surface area contributed by atoms with Gasteiger partial charge in [0.05, 0.1) is 12.1 Å². The number of rotatable bonds is 4. The fourth-order valence-corrected chi connectivity index (χ4v) is 3.73. The monoisotopic (exact) mass is 384 g/mol. The summed E-state index contributed by atoms with van der Waals surface area (Å²) in [5.41, 5.74) is 1.03. The smallest absolute Gasteiger partial charge is 0.335 e. The third kappa shape index (κ3) is 3.65. The molecule has 11 heteroatoms. The molecule has 10 nitrogen and oxygen atoms in total. The van der Waals surface area contributed by atoms with Gasteiger partial charge in [-0.2, -0.15) is 12.7 Å². The molecule has 2 aromatic heterocycles. The van der Waals surface area contributed by atoms with Crippen molar-refractivity contribution >= 4 is 27.3 Å². The third-order valence-electron chi connectivity index (χ3n) is 4.67. The lowest BCUT2D eigenvalue weighted by molar-refractivity contribution is 0.118. The van der Waals surface area contributed by atoms with Crippen LogP contribution >= 0.6 is 0 Å². The molecule has 0 aliphatic heterocycles. The first-order valence-electron chi connectivity index (χ1n) is 8.33. The van der Waals surface area contributed by atoms with Gasteiger partial charge in [0.2, 0.25) is 0 Å². The van der Waals surface area contributed by atoms with Gasteiger partial charge in [-0.3, -0.25) is 4.55 Å². The number of aromatic nitrogens is 4. The van der Waals surface area contributed by atoms with E-state index in [1.165, 1.54) is 13.4 Å². The Hall–Kier alpha value is -1.82.